The van der Waals surface area contributed by atoms with E-state index in [0.717, 1.165) is 19.1 Å². The molecule has 0 saturated heterocycles. The number of hydrogen-bond donors (Lipinski definition) is 1. The minimum Gasteiger partial charge on any atom is -0.314 e. The SMILES string of the molecule is CCCC(C)(CNC(C)C)CN(Cc1cccs1)C1CC1. The molecule has 0 radical (unpaired) electrons. The highest BCUT2D eigenvalue weighted by Gasteiger charge is 2.34. The van der Waals surface area contributed by atoms with Crippen molar-refractivity contribution in [3.05, 3.63) is 22.4 Å². The van der Waals surface area contributed by atoms with E-state index in [1.54, 1.807) is 0 Å². The van der Waals surface area contributed by atoms with E-state index < -0.39 is 0 Å². The van der Waals surface area contributed by atoms with Crippen LogP contribution < -0.4 is 5.32 Å². The van der Waals surface area contributed by atoms with Crippen LogP contribution in [-0.2, 0) is 6.54 Å². The Morgan fingerprint density at radius 3 is 2.71 bits per heavy atom. The second kappa shape index (κ2) is 7.75. The van der Waals surface area contributed by atoms with Crippen LogP contribution in [0.3, 0.4) is 0 Å². The highest BCUT2D eigenvalue weighted by Crippen LogP contribution is 2.34. The maximum atomic E-state index is 3.67. The molecule has 0 bridgehead atoms. The van der Waals surface area contributed by atoms with Crippen LogP contribution >= 0.6 is 11.3 Å². The van der Waals surface area contributed by atoms with Gasteiger partial charge in [0, 0.05) is 36.6 Å². The minimum atomic E-state index is 0.388. The molecule has 0 spiro atoms. The zero-order chi connectivity index (χ0) is 15.3. The molecule has 120 valence electrons. The van der Waals surface area contributed by atoms with Crippen LogP contribution in [-0.4, -0.2) is 30.1 Å². The summed E-state index contributed by atoms with van der Waals surface area (Å²) >= 11 is 1.90. The van der Waals surface area contributed by atoms with Crippen LogP contribution in [0.15, 0.2) is 17.5 Å². The summed E-state index contributed by atoms with van der Waals surface area (Å²) in [5.74, 6) is 0. The second-order valence-electron chi connectivity index (χ2n) is 7.31. The first-order valence-electron chi connectivity index (χ1n) is 8.52. The predicted octanol–water partition coefficient (Wildman–Crippen LogP) is 4.52. The van der Waals surface area contributed by atoms with Gasteiger partial charge in [-0.3, -0.25) is 4.90 Å². The normalized spacial score (nSPS) is 18.4. The summed E-state index contributed by atoms with van der Waals surface area (Å²) in [5, 5.41) is 5.87. The molecular formula is C18H32N2S. The molecule has 2 rings (SSSR count). The van der Waals surface area contributed by atoms with Gasteiger partial charge in [0.05, 0.1) is 0 Å². The molecule has 1 atom stereocenters. The number of hydrogen-bond acceptors (Lipinski definition) is 3. The van der Waals surface area contributed by atoms with Crippen molar-refractivity contribution in [2.24, 2.45) is 5.41 Å². The lowest BCUT2D eigenvalue weighted by molar-refractivity contribution is 0.135. The van der Waals surface area contributed by atoms with E-state index in [0.29, 0.717) is 11.5 Å². The summed E-state index contributed by atoms with van der Waals surface area (Å²) in [6, 6.07) is 5.87. The molecule has 1 aromatic rings. The lowest BCUT2D eigenvalue weighted by Gasteiger charge is -2.36. The highest BCUT2D eigenvalue weighted by atomic mass is 32.1. The van der Waals surface area contributed by atoms with Gasteiger partial charge >= 0.3 is 0 Å². The summed E-state index contributed by atoms with van der Waals surface area (Å²) in [7, 11) is 0. The van der Waals surface area contributed by atoms with Crippen molar-refractivity contribution in [3.63, 3.8) is 0 Å². The average Bonchev–Trinajstić information content (AvgIpc) is 3.15. The number of nitrogens with one attached hydrogen (secondary N) is 1. The van der Waals surface area contributed by atoms with E-state index in [2.05, 4.69) is 55.4 Å². The Morgan fingerprint density at radius 1 is 1.43 bits per heavy atom. The summed E-state index contributed by atoms with van der Waals surface area (Å²) in [6.07, 6.45) is 5.37. The zero-order valence-corrected chi connectivity index (χ0v) is 15.0. The molecule has 1 aliphatic rings. The van der Waals surface area contributed by atoms with Crippen LogP contribution in [0, 0.1) is 5.41 Å². The van der Waals surface area contributed by atoms with Crippen molar-refractivity contribution in [3.8, 4) is 0 Å². The van der Waals surface area contributed by atoms with Gasteiger partial charge in [-0.1, -0.05) is 40.2 Å². The first-order valence-corrected chi connectivity index (χ1v) is 9.40. The smallest absolute Gasteiger partial charge is 0.0331 e. The van der Waals surface area contributed by atoms with Gasteiger partial charge < -0.3 is 5.32 Å². The second-order valence-corrected chi connectivity index (χ2v) is 8.34. The average molecular weight is 309 g/mol. The van der Waals surface area contributed by atoms with Crippen LogP contribution in [0.4, 0.5) is 0 Å². The molecule has 3 heteroatoms. The van der Waals surface area contributed by atoms with Crippen LogP contribution in [0.1, 0.15) is 58.3 Å². The number of nitrogens with zero attached hydrogens (tertiary/aromatic N) is 1. The van der Waals surface area contributed by atoms with E-state index in [1.807, 2.05) is 11.3 Å². The van der Waals surface area contributed by atoms with Gasteiger partial charge in [-0.2, -0.15) is 0 Å². The van der Waals surface area contributed by atoms with E-state index in [-0.39, 0.29) is 0 Å². The van der Waals surface area contributed by atoms with Crippen LogP contribution in [0.25, 0.3) is 0 Å². The van der Waals surface area contributed by atoms with Crippen LogP contribution in [0.2, 0.25) is 0 Å². The van der Waals surface area contributed by atoms with Crippen molar-refractivity contribution >= 4 is 11.3 Å². The fourth-order valence-electron chi connectivity index (χ4n) is 3.12. The van der Waals surface area contributed by atoms with E-state index in [1.165, 1.54) is 37.1 Å². The van der Waals surface area contributed by atoms with Crippen molar-refractivity contribution in [1.82, 2.24) is 10.2 Å². The summed E-state index contributed by atoms with van der Waals surface area (Å²) in [4.78, 5) is 4.25. The summed E-state index contributed by atoms with van der Waals surface area (Å²) < 4.78 is 0. The molecule has 1 aromatic heterocycles. The van der Waals surface area contributed by atoms with Gasteiger partial charge in [0.15, 0.2) is 0 Å². The molecule has 1 heterocycles. The molecule has 0 aliphatic heterocycles. The molecule has 1 unspecified atom stereocenters. The first kappa shape index (κ1) is 17.0. The van der Waals surface area contributed by atoms with Crippen molar-refractivity contribution in [2.75, 3.05) is 13.1 Å². The van der Waals surface area contributed by atoms with Crippen molar-refractivity contribution in [1.29, 1.82) is 0 Å². The standard InChI is InChI=1S/C18H32N2S/c1-5-10-18(4,13-19-15(2)3)14-20(16-8-9-16)12-17-7-6-11-21-17/h6-7,11,15-16,19H,5,8-10,12-14H2,1-4H3. The van der Waals surface area contributed by atoms with E-state index in [4.69, 9.17) is 0 Å². The molecule has 0 aromatic carbocycles. The highest BCUT2D eigenvalue weighted by molar-refractivity contribution is 7.09. The first-order chi connectivity index (χ1) is 10.0. The number of thiophene rings is 1. The summed E-state index contributed by atoms with van der Waals surface area (Å²) in [6.45, 7) is 12.8. The molecular weight excluding hydrogens is 276 g/mol. The minimum absolute atomic E-state index is 0.388. The quantitative estimate of drug-likeness (QED) is 0.684. The fraction of sp³-hybridized carbons (Fsp3) is 0.778. The Hall–Kier alpha value is -0.380. The van der Waals surface area contributed by atoms with Gasteiger partial charge in [-0.15, -0.1) is 11.3 Å². The molecule has 1 fully saturated rings. The van der Waals surface area contributed by atoms with Gasteiger partial charge in [0.25, 0.3) is 0 Å². The predicted molar refractivity (Wildman–Crippen MR) is 93.9 cm³/mol. The maximum Gasteiger partial charge on any atom is 0.0331 e. The lowest BCUT2D eigenvalue weighted by Crippen LogP contribution is -2.44. The molecule has 1 saturated carbocycles. The summed E-state index contributed by atoms with van der Waals surface area (Å²) in [5.41, 5.74) is 0.388. The molecule has 21 heavy (non-hydrogen) atoms. The van der Waals surface area contributed by atoms with Gasteiger partial charge in [0.1, 0.15) is 0 Å². The van der Waals surface area contributed by atoms with Crippen LogP contribution in [0.5, 0.6) is 0 Å². The third-order valence-corrected chi connectivity index (χ3v) is 5.24. The molecule has 1 N–H and O–H groups in total. The van der Waals surface area contributed by atoms with E-state index in [9.17, 15) is 0 Å². The largest absolute Gasteiger partial charge is 0.314 e. The van der Waals surface area contributed by atoms with E-state index >= 15 is 0 Å². The van der Waals surface area contributed by atoms with Crippen molar-refractivity contribution < 1.29 is 0 Å². The van der Waals surface area contributed by atoms with Gasteiger partial charge in [-0.05, 0) is 36.1 Å². The Morgan fingerprint density at radius 2 is 2.19 bits per heavy atom. The fourth-order valence-corrected chi connectivity index (χ4v) is 3.85. The third kappa shape index (κ3) is 5.72. The number of rotatable bonds is 10. The Kier molecular flexibility index (Phi) is 6.27. The monoisotopic (exact) mass is 308 g/mol. The maximum absolute atomic E-state index is 3.67. The zero-order valence-electron chi connectivity index (χ0n) is 14.2. The molecule has 1 aliphatic carbocycles. The topological polar surface area (TPSA) is 15.3 Å². The Bertz CT molecular complexity index is 397. The third-order valence-electron chi connectivity index (χ3n) is 4.38. The van der Waals surface area contributed by atoms with Gasteiger partial charge in [0.2, 0.25) is 0 Å². The van der Waals surface area contributed by atoms with Gasteiger partial charge in [-0.25, -0.2) is 0 Å². The molecule has 0 amide bonds. The Balaban J connectivity index is 1.97. The Labute approximate surface area is 134 Å². The lowest BCUT2D eigenvalue weighted by atomic mass is 9.84. The molecule has 2 nitrogen and oxygen atoms in total. The van der Waals surface area contributed by atoms with Crippen molar-refractivity contribution in [2.45, 2.75) is 72.0 Å².